The van der Waals surface area contributed by atoms with E-state index >= 15 is 0 Å². The number of carbonyl (C=O) groups is 2. The molecule has 0 saturated heterocycles. The molecule has 30 heavy (non-hydrogen) atoms. The van der Waals surface area contributed by atoms with Gasteiger partial charge in [0.15, 0.2) is 0 Å². The molecule has 0 saturated carbocycles. The van der Waals surface area contributed by atoms with Crippen molar-refractivity contribution in [2.75, 3.05) is 13.2 Å². The standard InChI is InChI=1S/C24H30N2O4/c1-5-21(23(27)29-7-3)17-9-13-19(14-10-17)25-26-20-15-11-18(12-16-20)22(6-2)24(28)30-8-4/h9-16,21-22H,5-8H2,1-4H3. The van der Waals surface area contributed by atoms with Crippen LogP contribution in [0.3, 0.4) is 0 Å². The Morgan fingerprint density at radius 1 is 0.667 bits per heavy atom. The fourth-order valence-electron chi connectivity index (χ4n) is 3.22. The molecule has 0 radical (unpaired) electrons. The average Bonchev–Trinajstić information content (AvgIpc) is 2.75. The second-order valence-corrected chi connectivity index (χ2v) is 6.81. The molecule has 0 aliphatic rings. The third kappa shape index (κ3) is 6.24. The summed E-state index contributed by atoms with van der Waals surface area (Å²) in [6.45, 7) is 8.28. The van der Waals surface area contributed by atoms with Gasteiger partial charge in [0, 0.05) is 0 Å². The van der Waals surface area contributed by atoms with Crippen LogP contribution >= 0.6 is 0 Å². The second kappa shape index (κ2) is 11.9. The number of azo groups is 1. The molecule has 2 aromatic carbocycles. The quantitative estimate of drug-likeness (QED) is 0.344. The monoisotopic (exact) mass is 410 g/mol. The maximum absolute atomic E-state index is 12.1. The van der Waals surface area contributed by atoms with E-state index < -0.39 is 0 Å². The molecule has 6 heteroatoms. The van der Waals surface area contributed by atoms with E-state index in [2.05, 4.69) is 10.2 Å². The molecule has 0 aliphatic carbocycles. The minimum absolute atomic E-state index is 0.206. The van der Waals surface area contributed by atoms with E-state index in [4.69, 9.17) is 9.47 Å². The molecule has 6 nitrogen and oxygen atoms in total. The van der Waals surface area contributed by atoms with Crippen molar-refractivity contribution in [1.82, 2.24) is 0 Å². The Morgan fingerprint density at radius 2 is 1.00 bits per heavy atom. The highest BCUT2D eigenvalue weighted by molar-refractivity contribution is 5.78. The minimum atomic E-state index is -0.269. The molecular weight excluding hydrogens is 380 g/mol. The molecule has 0 fully saturated rings. The lowest BCUT2D eigenvalue weighted by Gasteiger charge is -2.14. The van der Waals surface area contributed by atoms with Crippen molar-refractivity contribution in [2.24, 2.45) is 10.2 Å². The molecule has 2 unspecified atom stereocenters. The van der Waals surface area contributed by atoms with Crippen LogP contribution in [-0.4, -0.2) is 25.2 Å². The number of carbonyl (C=O) groups excluding carboxylic acids is 2. The normalized spacial score (nSPS) is 13.1. The van der Waals surface area contributed by atoms with Crippen molar-refractivity contribution >= 4 is 23.3 Å². The van der Waals surface area contributed by atoms with Gasteiger partial charge in [0.25, 0.3) is 0 Å². The van der Waals surface area contributed by atoms with Crippen molar-refractivity contribution in [1.29, 1.82) is 0 Å². The van der Waals surface area contributed by atoms with E-state index in [-0.39, 0.29) is 23.8 Å². The first-order valence-corrected chi connectivity index (χ1v) is 10.5. The summed E-state index contributed by atoms with van der Waals surface area (Å²) in [6, 6.07) is 14.9. The highest BCUT2D eigenvalue weighted by atomic mass is 16.5. The Balaban J connectivity index is 2.07. The van der Waals surface area contributed by atoms with E-state index in [1.54, 1.807) is 13.8 Å². The number of hydrogen-bond acceptors (Lipinski definition) is 6. The summed E-state index contributed by atoms with van der Waals surface area (Å²) in [4.78, 5) is 24.1. The van der Waals surface area contributed by atoms with Crippen LogP contribution in [0.15, 0.2) is 58.8 Å². The maximum atomic E-state index is 12.1. The number of hydrogen-bond donors (Lipinski definition) is 0. The zero-order valence-electron chi connectivity index (χ0n) is 18.1. The van der Waals surface area contributed by atoms with Crippen molar-refractivity contribution in [3.8, 4) is 0 Å². The molecule has 0 aliphatic heterocycles. The van der Waals surface area contributed by atoms with E-state index in [0.717, 1.165) is 11.1 Å². The van der Waals surface area contributed by atoms with E-state index in [0.29, 0.717) is 37.4 Å². The van der Waals surface area contributed by atoms with Crippen molar-refractivity contribution in [2.45, 2.75) is 52.4 Å². The topological polar surface area (TPSA) is 77.3 Å². The zero-order chi connectivity index (χ0) is 21.9. The molecule has 0 bridgehead atoms. The number of ether oxygens (including phenoxy) is 2. The van der Waals surface area contributed by atoms with Gasteiger partial charge >= 0.3 is 11.9 Å². The van der Waals surface area contributed by atoms with Gasteiger partial charge in [-0.3, -0.25) is 9.59 Å². The predicted molar refractivity (Wildman–Crippen MR) is 116 cm³/mol. The Hall–Kier alpha value is -3.02. The Bertz CT molecular complexity index is 773. The third-order valence-corrected chi connectivity index (χ3v) is 4.83. The van der Waals surface area contributed by atoms with Crippen LogP contribution in [-0.2, 0) is 19.1 Å². The molecular formula is C24H30N2O4. The Morgan fingerprint density at radius 3 is 1.27 bits per heavy atom. The number of esters is 2. The smallest absolute Gasteiger partial charge is 0.313 e. The van der Waals surface area contributed by atoms with Gasteiger partial charge in [-0.2, -0.15) is 10.2 Å². The Labute approximate surface area is 178 Å². The second-order valence-electron chi connectivity index (χ2n) is 6.81. The lowest BCUT2D eigenvalue weighted by molar-refractivity contribution is -0.146. The fraction of sp³-hybridized carbons (Fsp3) is 0.417. The predicted octanol–water partition coefficient (Wildman–Crippen LogP) is 6.22. The number of benzene rings is 2. The summed E-state index contributed by atoms with van der Waals surface area (Å²) in [7, 11) is 0. The zero-order valence-corrected chi connectivity index (χ0v) is 18.1. The summed E-state index contributed by atoms with van der Waals surface area (Å²) in [5, 5.41) is 8.52. The van der Waals surface area contributed by atoms with Gasteiger partial charge in [-0.15, -0.1) is 0 Å². The molecule has 2 rings (SSSR count). The van der Waals surface area contributed by atoms with E-state index in [1.807, 2.05) is 62.4 Å². The van der Waals surface area contributed by atoms with Crippen LogP contribution in [0.4, 0.5) is 11.4 Å². The van der Waals surface area contributed by atoms with Crippen LogP contribution in [0, 0.1) is 0 Å². The highest BCUT2D eigenvalue weighted by Crippen LogP contribution is 2.27. The molecule has 160 valence electrons. The molecule has 0 N–H and O–H groups in total. The number of rotatable bonds is 10. The Kier molecular flexibility index (Phi) is 9.19. The minimum Gasteiger partial charge on any atom is -0.466 e. The lowest BCUT2D eigenvalue weighted by Crippen LogP contribution is -2.15. The van der Waals surface area contributed by atoms with Gasteiger partial charge in [-0.05, 0) is 62.1 Å². The van der Waals surface area contributed by atoms with Gasteiger partial charge < -0.3 is 9.47 Å². The van der Waals surface area contributed by atoms with Gasteiger partial charge in [0.1, 0.15) is 0 Å². The van der Waals surface area contributed by atoms with Gasteiger partial charge in [-0.1, -0.05) is 38.1 Å². The summed E-state index contributed by atoms with van der Waals surface area (Å²) < 4.78 is 10.3. The number of nitrogens with zero attached hydrogens (tertiary/aromatic N) is 2. The average molecular weight is 411 g/mol. The van der Waals surface area contributed by atoms with Gasteiger partial charge in [-0.25, -0.2) is 0 Å². The lowest BCUT2D eigenvalue weighted by atomic mass is 9.96. The van der Waals surface area contributed by atoms with Crippen molar-refractivity contribution < 1.29 is 19.1 Å². The van der Waals surface area contributed by atoms with Crippen molar-refractivity contribution in [3.05, 3.63) is 59.7 Å². The summed E-state index contributed by atoms with van der Waals surface area (Å²) in [6.07, 6.45) is 1.35. The van der Waals surface area contributed by atoms with Gasteiger partial charge in [0.2, 0.25) is 0 Å². The van der Waals surface area contributed by atoms with Crippen LogP contribution in [0.25, 0.3) is 0 Å². The molecule has 0 aromatic heterocycles. The molecule has 0 heterocycles. The summed E-state index contributed by atoms with van der Waals surface area (Å²) in [5.74, 6) is -0.950. The molecule has 2 aromatic rings. The van der Waals surface area contributed by atoms with Gasteiger partial charge in [0.05, 0.1) is 36.4 Å². The van der Waals surface area contributed by atoms with Crippen molar-refractivity contribution in [3.63, 3.8) is 0 Å². The first-order valence-electron chi connectivity index (χ1n) is 10.5. The molecule has 0 spiro atoms. The first-order chi connectivity index (χ1) is 14.5. The van der Waals surface area contributed by atoms with Crippen LogP contribution < -0.4 is 0 Å². The maximum Gasteiger partial charge on any atom is 0.313 e. The molecule has 0 amide bonds. The summed E-state index contributed by atoms with van der Waals surface area (Å²) in [5.41, 5.74) is 3.20. The summed E-state index contributed by atoms with van der Waals surface area (Å²) >= 11 is 0. The van der Waals surface area contributed by atoms with E-state index in [9.17, 15) is 9.59 Å². The van der Waals surface area contributed by atoms with Crippen LogP contribution in [0.2, 0.25) is 0 Å². The molecule has 2 atom stereocenters. The largest absolute Gasteiger partial charge is 0.466 e. The van der Waals surface area contributed by atoms with E-state index in [1.165, 1.54) is 0 Å². The highest BCUT2D eigenvalue weighted by Gasteiger charge is 2.20. The third-order valence-electron chi connectivity index (χ3n) is 4.83. The van der Waals surface area contributed by atoms with Crippen LogP contribution in [0.5, 0.6) is 0 Å². The van der Waals surface area contributed by atoms with Crippen LogP contribution in [0.1, 0.15) is 63.5 Å². The fourth-order valence-corrected chi connectivity index (χ4v) is 3.22. The first kappa shape index (κ1) is 23.3. The SMILES string of the molecule is CCOC(=O)C(CC)c1ccc(N=Nc2ccc(C(CC)C(=O)OCC)cc2)cc1.